The second-order valence-electron chi connectivity index (χ2n) is 5.92. The highest BCUT2D eigenvalue weighted by Gasteiger charge is 2.30. The first-order valence-electron chi connectivity index (χ1n) is 7.87. The SMILES string of the molecule is O=C(Cn1ccnc1)NC1CC(=O)N(CCc2cccc(Cl)c2)C1. The molecule has 1 atom stereocenters. The van der Waals surface area contributed by atoms with E-state index in [1.807, 2.05) is 24.3 Å². The smallest absolute Gasteiger partial charge is 0.240 e. The molecule has 1 aromatic carbocycles. The van der Waals surface area contributed by atoms with Gasteiger partial charge in [0, 0.05) is 36.9 Å². The summed E-state index contributed by atoms with van der Waals surface area (Å²) in [5.41, 5.74) is 1.10. The maximum atomic E-state index is 12.1. The van der Waals surface area contributed by atoms with E-state index in [1.165, 1.54) is 0 Å². The van der Waals surface area contributed by atoms with Gasteiger partial charge in [-0.1, -0.05) is 23.7 Å². The molecule has 0 saturated carbocycles. The van der Waals surface area contributed by atoms with Crippen LogP contribution in [0.5, 0.6) is 0 Å². The zero-order valence-electron chi connectivity index (χ0n) is 13.2. The number of halogens is 1. The Morgan fingerprint density at radius 3 is 3.04 bits per heavy atom. The van der Waals surface area contributed by atoms with Gasteiger partial charge in [-0.05, 0) is 24.1 Å². The topological polar surface area (TPSA) is 67.2 Å². The van der Waals surface area contributed by atoms with E-state index in [4.69, 9.17) is 11.6 Å². The fourth-order valence-electron chi connectivity index (χ4n) is 2.86. The van der Waals surface area contributed by atoms with Crippen molar-refractivity contribution >= 4 is 23.4 Å². The van der Waals surface area contributed by atoms with Crippen LogP contribution in [0.25, 0.3) is 0 Å². The molecule has 0 aliphatic carbocycles. The zero-order valence-corrected chi connectivity index (χ0v) is 13.9. The van der Waals surface area contributed by atoms with Gasteiger partial charge in [-0.3, -0.25) is 9.59 Å². The van der Waals surface area contributed by atoms with E-state index < -0.39 is 0 Å². The number of imidazole rings is 1. The van der Waals surface area contributed by atoms with Crippen molar-refractivity contribution in [3.63, 3.8) is 0 Å². The minimum absolute atomic E-state index is 0.0740. The predicted molar refractivity (Wildman–Crippen MR) is 90.5 cm³/mol. The van der Waals surface area contributed by atoms with Crippen molar-refractivity contribution in [2.45, 2.75) is 25.4 Å². The lowest BCUT2D eigenvalue weighted by atomic mass is 10.1. The van der Waals surface area contributed by atoms with E-state index in [0.29, 0.717) is 24.5 Å². The molecule has 3 rings (SSSR count). The molecule has 1 saturated heterocycles. The molecule has 0 radical (unpaired) electrons. The molecule has 2 amide bonds. The number of rotatable bonds is 6. The van der Waals surface area contributed by atoms with Crippen LogP contribution in [0.3, 0.4) is 0 Å². The third kappa shape index (κ3) is 4.35. The Hall–Kier alpha value is -2.34. The molecule has 0 bridgehead atoms. The Morgan fingerprint density at radius 2 is 2.29 bits per heavy atom. The third-order valence-corrected chi connectivity index (χ3v) is 4.26. The lowest BCUT2D eigenvalue weighted by Gasteiger charge is -2.17. The summed E-state index contributed by atoms with van der Waals surface area (Å²) in [5, 5.41) is 3.61. The molecule has 6 nitrogen and oxygen atoms in total. The molecule has 2 heterocycles. The van der Waals surface area contributed by atoms with E-state index in [1.54, 1.807) is 28.2 Å². The largest absolute Gasteiger partial charge is 0.350 e. The van der Waals surface area contributed by atoms with Gasteiger partial charge in [0.05, 0.1) is 12.4 Å². The maximum Gasteiger partial charge on any atom is 0.240 e. The van der Waals surface area contributed by atoms with Gasteiger partial charge in [-0.15, -0.1) is 0 Å². The monoisotopic (exact) mass is 346 g/mol. The molecular weight excluding hydrogens is 328 g/mol. The predicted octanol–water partition coefficient (Wildman–Crippen LogP) is 1.50. The first-order chi connectivity index (χ1) is 11.6. The van der Waals surface area contributed by atoms with Gasteiger partial charge in [0.15, 0.2) is 0 Å². The summed E-state index contributed by atoms with van der Waals surface area (Å²) in [7, 11) is 0. The van der Waals surface area contributed by atoms with Crippen molar-refractivity contribution in [3.8, 4) is 0 Å². The van der Waals surface area contributed by atoms with Gasteiger partial charge in [-0.2, -0.15) is 0 Å². The van der Waals surface area contributed by atoms with Gasteiger partial charge in [-0.25, -0.2) is 4.98 Å². The van der Waals surface area contributed by atoms with Crippen LogP contribution in [0.15, 0.2) is 43.0 Å². The van der Waals surface area contributed by atoms with Crippen LogP contribution in [0.4, 0.5) is 0 Å². The molecule has 1 N–H and O–H groups in total. The van der Waals surface area contributed by atoms with E-state index in [2.05, 4.69) is 10.3 Å². The number of likely N-dealkylation sites (tertiary alicyclic amines) is 1. The summed E-state index contributed by atoms with van der Waals surface area (Å²) in [6, 6.07) is 7.51. The highest BCUT2D eigenvalue weighted by atomic mass is 35.5. The van der Waals surface area contributed by atoms with E-state index in [-0.39, 0.29) is 24.4 Å². The summed E-state index contributed by atoms with van der Waals surface area (Å²) in [6.45, 7) is 1.40. The van der Waals surface area contributed by atoms with Gasteiger partial charge in [0.25, 0.3) is 0 Å². The third-order valence-electron chi connectivity index (χ3n) is 4.02. The number of carbonyl (C=O) groups excluding carboxylic acids is 2. The van der Waals surface area contributed by atoms with Gasteiger partial charge in [0.2, 0.25) is 11.8 Å². The zero-order chi connectivity index (χ0) is 16.9. The van der Waals surface area contributed by atoms with E-state index in [9.17, 15) is 9.59 Å². The maximum absolute atomic E-state index is 12.1. The van der Waals surface area contributed by atoms with Crippen molar-refractivity contribution < 1.29 is 9.59 Å². The number of nitrogens with one attached hydrogen (secondary N) is 1. The fourth-order valence-corrected chi connectivity index (χ4v) is 3.07. The van der Waals surface area contributed by atoms with E-state index >= 15 is 0 Å². The number of carbonyl (C=O) groups is 2. The van der Waals surface area contributed by atoms with Gasteiger partial charge in [0.1, 0.15) is 6.54 Å². The van der Waals surface area contributed by atoms with Crippen LogP contribution in [-0.4, -0.2) is 45.4 Å². The fraction of sp³-hybridized carbons (Fsp3) is 0.353. The molecule has 126 valence electrons. The highest BCUT2D eigenvalue weighted by molar-refractivity contribution is 6.30. The average Bonchev–Trinajstić information content (AvgIpc) is 3.15. The molecule has 0 spiro atoms. The Bertz CT molecular complexity index is 717. The van der Waals surface area contributed by atoms with Crippen molar-refractivity contribution in [3.05, 3.63) is 53.6 Å². The second kappa shape index (κ2) is 7.49. The summed E-state index contributed by atoms with van der Waals surface area (Å²) < 4.78 is 1.70. The Balaban J connectivity index is 1.47. The van der Waals surface area contributed by atoms with Crippen LogP contribution < -0.4 is 5.32 Å². The standard InChI is InChI=1S/C17H19ClN4O2/c18-14-3-1-2-13(8-14)4-6-22-10-15(9-17(22)24)20-16(23)11-21-7-5-19-12-21/h1-3,5,7-8,12,15H,4,6,9-11H2,(H,20,23). The van der Waals surface area contributed by atoms with E-state index in [0.717, 1.165) is 12.0 Å². The number of aromatic nitrogens is 2. The van der Waals surface area contributed by atoms with Gasteiger partial charge < -0.3 is 14.8 Å². The number of amides is 2. The molecule has 1 aromatic heterocycles. The molecule has 1 unspecified atom stereocenters. The summed E-state index contributed by atoms with van der Waals surface area (Å²) in [6.07, 6.45) is 6.06. The molecular formula is C17H19ClN4O2. The lowest BCUT2D eigenvalue weighted by Crippen LogP contribution is -2.39. The number of hydrogen-bond donors (Lipinski definition) is 1. The quantitative estimate of drug-likeness (QED) is 0.861. The summed E-state index contributed by atoms with van der Waals surface area (Å²) in [5.74, 6) is -0.0348. The summed E-state index contributed by atoms with van der Waals surface area (Å²) >= 11 is 5.97. The molecule has 7 heteroatoms. The molecule has 2 aromatic rings. The first kappa shape index (κ1) is 16.5. The molecule has 24 heavy (non-hydrogen) atoms. The Labute approximate surface area is 145 Å². The molecule has 1 aliphatic rings. The van der Waals surface area contributed by atoms with Crippen molar-refractivity contribution in [1.29, 1.82) is 0 Å². The molecule has 1 fully saturated rings. The second-order valence-corrected chi connectivity index (χ2v) is 6.36. The Morgan fingerprint density at radius 1 is 1.42 bits per heavy atom. The Kier molecular flexibility index (Phi) is 5.15. The average molecular weight is 347 g/mol. The van der Waals surface area contributed by atoms with Crippen molar-refractivity contribution in [2.24, 2.45) is 0 Å². The van der Waals surface area contributed by atoms with Crippen molar-refractivity contribution in [1.82, 2.24) is 19.8 Å². The minimum Gasteiger partial charge on any atom is -0.350 e. The number of benzene rings is 1. The van der Waals surface area contributed by atoms with Crippen molar-refractivity contribution in [2.75, 3.05) is 13.1 Å². The van der Waals surface area contributed by atoms with Gasteiger partial charge >= 0.3 is 0 Å². The van der Waals surface area contributed by atoms with Crippen LogP contribution in [-0.2, 0) is 22.6 Å². The normalized spacial score (nSPS) is 17.3. The highest BCUT2D eigenvalue weighted by Crippen LogP contribution is 2.15. The number of hydrogen-bond acceptors (Lipinski definition) is 3. The summed E-state index contributed by atoms with van der Waals surface area (Å²) in [4.78, 5) is 29.8. The van der Waals surface area contributed by atoms with Crippen LogP contribution in [0.1, 0.15) is 12.0 Å². The minimum atomic E-state index is -0.132. The number of nitrogens with zero attached hydrogens (tertiary/aromatic N) is 3. The first-order valence-corrected chi connectivity index (χ1v) is 8.25. The van der Waals surface area contributed by atoms with Crippen LogP contribution in [0.2, 0.25) is 5.02 Å². The lowest BCUT2D eigenvalue weighted by molar-refractivity contribution is -0.127. The van der Waals surface area contributed by atoms with Crippen LogP contribution in [0, 0.1) is 0 Å². The van der Waals surface area contributed by atoms with Crippen LogP contribution >= 0.6 is 11.6 Å². The molecule has 1 aliphatic heterocycles.